The van der Waals surface area contributed by atoms with E-state index < -0.39 is 5.91 Å². The number of nitrogens with one attached hydrogen (secondary N) is 1. The van der Waals surface area contributed by atoms with Gasteiger partial charge in [-0.1, -0.05) is 48.5 Å². The highest BCUT2D eigenvalue weighted by Gasteiger charge is 2.09. The molecule has 1 amide bonds. The highest BCUT2D eigenvalue weighted by atomic mass is 16.3. The van der Waals surface area contributed by atoms with Crippen LogP contribution in [-0.4, -0.2) is 16.7 Å². The third kappa shape index (κ3) is 3.21. The Kier molecular flexibility index (Phi) is 4.06. The van der Waals surface area contributed by atoms with Gasteiger partial charge in [-0.25, -0.2) is 5.43 Å². The molecule has 0 saturated heterocycles. The van der Waals surface area contributed by atoms with Gasteiger partial charge in [0, 0.05) is 0 Å². The fourth-order valence-corrected chi connectivity index (χ4v) is 2.34. The number of phenols is 1. The first-order chi connectivity index (χ1) is 11.1. The molecule has 0 aliphatic rings. The van der Waals surface area contributed by atoms with E-state index in [4.69, 9.17) is 0 Å². The molecule has 0 spiro atoms. The molecule has 114 valence electrons. The second kappa shape index (κ2) is 6.32. The van der Waals surface area contributed by atoms with E-state index in [1.165, 1.54) is 6.07 Å². The van der Waals surface area contributed by atoms with Crippen LogP contribution in [0.3, 0.4) is 0 Å². The maximum absolute atomic E-state index is 12.0. The van der Waals surface area contributed by atoms with Gasteiger partial charge in [0.1, 0.15) is 5.75 Å². The van der Waals surface area contributed by atoms with Crippen LogP contribution in [-0.2, 0) is 0 Å². The van der Waals surface area contributed by atoms with Gasteiger partial charge in [-0.2, -0.15) is 5.10 Å². The molecule has 0 fully saturated rings. The molecule has 23 heavy (non-hydrogen) atoms. The molecule has 0 radical (unpaired) electrons. The molecule has 0 aliphatic carbocycles. The number of nitrogens with zero attached hydrogens (tertiary/aromatic N) is 1. The van der Waals surface area contributed by atoms with E-state index in [0.29, 0.717) is 5.71 Å². The molecule has 0 heterocycles. The van der Waals surface area contributed by atoms with Crippen LogP contribution < -0.4 is 5.43 Å². The van der Waals surface area contributed by atoms with Crippen LogP contribution in [0.5, 0.6) is 5.75 Å². The van der Waals surface area contributed by atoms with Crippen molar-refractivity contribution in [1.82, 2.24) is 5.43 Å². The fraction of sp³-hybridized carbons (Fsp3) is 0.0526. The minimum Gasteiger partial charge on any atom is -0.507 e. The second-order valence-corrected chi connectivity index (χ2v) is 5.22. The predicted molar refractivity (Wildman–Crippen MR) is 91.7 cm³/mol. The lowest BCUT2D eigenvalue weighted by Gasteiger charge is -2.05. The lowest BCUT2D eigenvalue weighted by Crippen LogP contribution is -2.19. The second-order valence-electron chi connectivity index (χ2n) is 5.22. The Hall–Kier alpha value is -3.14. The number of hydrogen-bond donors (Lipinski definition) is 2. The topological polar surface area (TPSA) is 61.7 Å². The number of carbonyl (C=O) groups is 1. The number of para-hydroxylation sites is 1. The zero-order valence-electron chi connectivity index (χ0n) is 12.7. The molecule has 0 aliphatic heterocycles. The number of benzene rings is 3. The van der Waals surface area contributed by atoms with Crippen LogP contribution in [0.15, 0.2) is 71.8 Å². The first-order valence-electron chi connectivity index (χ1n) is 7.27. The average molecular weight is 304 g/mol. The Bertz CT molecular complexity index is 901. The van der Waals surface area contributed by atoms with Gasteiger partial charge < -0.3 is 5.11 Å². The summed E-state index contributed by atoms with van der Waals surface area (Å²) in [7, 11) is 0. The highest BCUT2D eigenvalue weighted by molar-refractivity contribution is 6.03. The standard InChI is InChI=1S/C19H16N2O2/c1-13(15-11-10-14-6-2-3-7-16(14)12-15)20-21-19(23)17-8-4-5-9-18(17)22/h2-12,22H,1H3,(H,21,23). The zero-order chi connectivity index (χ0) is 16.2. The molecule has 0 bridgehead atoms. The Labute approximate surface area is 134 Å². The van der Waals surface area contributed by atoms with Gasteiger partial charge in [0.25, 0.3) is 5.91 Å². The van der Waals surface area contributed by atoms with E-state index >= 15 is 0 Å². The summed E-state index contributed by atoms with van der Waals surface area (Å²) in [5.41, 5.74) is 4.30. The summed E-state index contributed by atoms with van der Waals surface area (Å²) < 4.78 is 0. The Balaban J connectivity index is 1.81. The number of carbonyl (C=O) groups excluding carboxylic acids is 1. The van der Waals surface area contributed by atoms with Crippen LogP contribution in [0.2, 0.25) is 0 Å². The van der Waals surface area contributed by atoms with E-state index in [2.05, 4.69) is 10.5 Å². The fourth-order valence-electron chi connectivity index (χ4n) is 2.34. The van der Waals surface area contributed by atoms with Crippen molar-refractivity contribution in [3.05, 3.63) is 77.9 Å². The summed E-state index contributed by atoms with van der Waals surface area (Å²) in [6.45, 7) is 1.83. The van der Waals surface area contributed by atoms with Crippen molar-refractivity contribution in [2.24, 2.45) is 5.10 Å². The minimum atomic E-state index is -0.441. The smallest absolute Gasteiger partial charge is 0.275 e. The molecule has 4 heteroatoms. The molecule has 0 aromatic heterocycles. The molecule has 0 atom stereocenters. The summed E-state index contributed by atoms with van der Waals surface area (Å²) in [5.74, 6) is -0.508. The molecule has 2 N–H and O–H groups in total. The number of rotatable bonds is 3. The largest absolute Gasteiger partial charge is 0.507 e. The number of hydrogen-bond acceptors (Lipinski definition) is 3. The summed E-state index contributed by atoms with van der Waals surface area (Å²) in [6.07, 6.45) is 0. The first-order valence-corrected chi connectivity index (χ1v) is 7.27. The molecule has 4 nitrogen and oxygen atoms in total. The van der Waals surface area contributed by atoms with E-state index in [1.54, 1.807) is 18.2 Å². The lowest BCUT2D eigenvalue weighted by atomic mass is 10.0. The Morgan fingerprint density at radius 2 is 1.65 bits per heavy atom. The van der Waals surface area contributed by atoms with Gasteiger partial charge in [-0.3, -0.25) is 4.79 Å². The van der Waals surface area contributed by atoms with E-state index in [-0.39, 0.29) is 11.3 Å². The van der Waals surface area contributed by atoms with Crippen molar-refractivity contribution in [2.75, 3.05) is 0 Å². The monoisotopic (exact) mass is 304 g/mol. The quantitative estimate of drug-likeness (QED) is 0.572. The molecule has 0 saturated carbocycles. The minimum absolute atomic E-state index is 0.0661. The third-order valence-corrected chi connectivity index (χ3v) is 3.64. The molecule has 3 aromatic carbocycles. The van der Waals surface area contributed by atoms with E-state index in [0.717, 1.165) is 16.3 Å². The molecule has 3 aromatic rings. The highest BCUT2D eigenvalue weighted by Crippen LogP contribution is 2.17. The summed E-state index contributed by atoms with van der Waals surface area (Å²) in [4.78, 5) is 12.0. The van der Waals surface area contributed by atoms with Gasteiger partial charge in [0.2, 0.25) is 0 Å². The van der Waals surface area contributed by atoms with Crippen molar-refractivity contribution >= 4 is 22.4 Å². The van der Waals surface area contributed by atoms with Crippen molar-refractivity contribution in [3.63, 3.8) is 0 Å². The van der Waals surface area contributed by atoms with Crippen LogP contribution >= 0.6 is 0 Å². The van der Waals surface area contributed by atoms with Gasteiger partial charge in [0.05, 0.1) is 11.3 Å². The summed E-state index contributed by atoms with van der Waals surface area (Å²) in [5, 5.41) is 16.1. The van der Waals surface area contributed by atoms with Gasteiger partial charge in [-0.05, 0) is 41.5 Å². The van der Waals surface area contributed by atoms with Crippen molar-refractivity contribution in [1.29, 1.82) is 0 Å². The zero-order valence-corrected chi connectivity index (χ0v) is 12.7. The molecule has 3 rings (SSSR count). The summed E-state index contributed by atoms with van der Waals surface area (Å²) in [6, 6.07) is 20.4. The molecule has 0 unspecified atom stereocenters. The number of aromatic hydroxyl groups is 1. The Morgan fingerprint density at radius 1 is 0.957 bits per heavy atom. The number of fused-ring (bicyclic) bond motifs is 1. The maximum atomic E-state index is 12.0. The van der Waals surface area contributed by atoms with Crippen LogP contribution in [0.25, 0.3) is 10.8 Å². The third-order valence-electron chi connectivity index (χ3n) is 3.64. The van der Waals surface area contributed by atoms with E-state index in [1.807, 2.05) is 49.4 Å². The molecular weight excluding hydrogens is 288 g/mol. The number of amides is 1. The van der Waals surface area contributed by atoms with E-state index in [9.17, 15) is 9.90 Å². The van der Waals surface area contributed by atoms with Gasteiger partial charge in [-0.15, -0.1) is 0 Å². The lowest BCUT2D eigenvalue weighted by molar-refractivity contribution is 0.0952. The Morgan fingerprint density at radius 3 is 2.43 bits per heavy atom. The van der Waals surface area contributed by atoms with Crippen molar-refractivity contribution in [2.45, 2.75) is 6.92 Å². The number of hydrazone groups is 1. The van der Waals surface area contributed by atoms with Gasteiger partial charge >= 0.3 is 0 Å². The van der Waals surface area contributed by atoms with Crippen LogP contribution in [0.4, 0.5) is 0 Å². The molecular formula is C19H16N2O2. The number of phenolic OH excluding ortho intramolecular Hbond substituents is 1. The van der Waals surface area contributed by atoms with Crippen molar-refractivity contribution in [3.8, 4) is 5.75 Å². The van der Waals surface area contributed by atoms with Crippen LogP contribution in [0.1, 0.15) is 22.8 Å². The SMILES string of the molecule is CC(=NNC(=O)c1ccccc1O)c1ccc2ccccc2c1. The average Bonchev–Trinajstić information content (AvgIpc) is 2.59. The summed E-state index contributed by atoms with van der Waals surface area (Å²) >= 11 is 0. The normalized spacial score (nSPS) is 11.4. The van der Waals surface area contributed by atoms with Crippen molar-refractivity contribution < 1.29 is 9.90 Å². The maximum Gasteiger partial charge on any atom is 0.275 e. The van der Waals surface area contributed by atoms with Gasteiger partial charge in [0.15, 0.2) is 0 Å². The first kappa shape index (κ1) is 14.8. The predicted octanol–water partition coefficient (Wildman–Crippen LogP) is 3.70. The van der Waals surface area contributed by atoms with Crippen LogP contribution in [0, 0.1) is 0 Å².